The van der Waals surface area contributed by atoms with Gasteiger partial charge in [0.15, 0.2) is 0 Å². The molecule has 0 saturated carbocycles. The summed E-state index contributed by atoms with van der Waals surface area (Å²) in [5.74, 6) is 0.281. The first-order valence-corrected chi connectivity index (χ1v) is 6.43. The Bertz CT molecular complexity index is 474. The Morgan fingerprint density at radius 1 is 1.37 bits per heavy atom. The summed E-state index contributed by atoms with van der Waals surface area (Å²) >= 11 is 0. The highest BCUT2D eigenvalue weighted by Gasteiger charge is 2.23. The number of aryl methyl sites for hydroxylation is 1. The van der Waals surface area contributed by atoms with E-state index in [1.54, 1.807) is 0 Å². The number of carbonyl (C=O) groups is 2. The van der Waals surface area contributed by atoms with E-state index in [9.17, 15) is 9.59 Å². The number of benzene rings is 1. The zero-order valence-corrected chi connectivity index (χ0v) is 10.7. The molecule has 3 N–H and O–H groups in total. The summed E-state index contributed by atoms with van der Waals surface area (Å²) in [4.78, 5) is 22.1. The van der Waals surface area contributed by atoms with Crippen LogP contribution in [0.15, 0.2) is 24.3 Å². The van der Waals surface area contributed by atoms with Crippen molar-refractivity contribution in [3.05, 3.63) is 35.4 Å². The molecule has 0 radical (unpaired) electrons. The number of hydrogen-bond acceptors (Lipinski definition) is 3. The maximum atomic E-state index is 11.8. The van der Waals surface area contributed by atoms with E-state index in [4.69, 9.17) is 5.73 Å². The smallest absolute Gasteiger partial charge is 0.404 e. The Morgan fingerprint density at radius 2 is 2.16 bits per heavy atom. The molecule has 0 aliphatic heterocycles. The highest BCUT2D eigenvalue weighted by molar-refractivity contribution is 5.77. The van der Waals surface area contributed by atoms with Crippen molar-refractivity contribution in [1.29, 1.82) is 0 Å². The fraction of sp³-hybridized carbons (Fsp3) is 0.429. The van der Waals surface area contributed by atoms with Gasteiger partial charge in [0.25, 0.3) is 0 Å². The normalized spacial score (nSPS) is 16.7. The fourth-order valence-electron chi connectivity index (χ4n) is 2.50. The van der Waals surface area contributed by atoms with Crippen molar-refractivity contribution in [2.45, 2.75) is 25.2 Å². The molecule has 0 fully saturated rings. The van der Waals surface area contributed by atoms with Crippen LogP contribution in [0.25, 0.3) is 0 Å². The third-order valence-corrected chi connectivity index (χ3v) is 3.36. The number of nitrogens with one attached hydrogen (secondary N) is 1. The Balaban J connectivity index is 1.76. The van der Waals surface area contributed by atoms with Crippen LogP contribution in [0.1, 0.15) is 29.9 Å². The minimum Gasteiger partial charge on any atom is -0.448 e. The molecule has 2 amide bonds. The molecule has 19 heavy (non-hydrogen) atoms. The maximum Gasteiger partial charge on any atom is 0.404 e. The van der Waals surface area contributed by atoms with E-state index in [2.05, 4.69) is 22.2 Å². The molecule has 102 valence electrons. The minimum absolute atomic E-state index is 0.0187. The van der Waals surface area contributed by atoms with Crippen molar-refractivity contribution in [3.8, 4) is 0 Å². The van der Waals surface area contributed by atoms with E-state index in [0.717, 1.165) is 12.8 Å². The van der Waals surface area contributed by atoms with Gasteiger partial charge in [-0.15, -0.1) is 0 Å². The maximum absolute atomic E-state index is 11.8. The number of ether oxygens (including phenoxy) is 1. The molecule has 1 aromatic rings. The SMILES string of the molecule is NC(=O)OCCNC(=O)CC1CCc2ccccc21. The summed E-state index contributed by atoms with van der Waals surface area (Å²) in [5, 5.41) is 2.72. The number of hydrogen-bond donors (Lipinski definition) is 2. The van der Waals surface area contributed by atoms with Crippen LogP contribution < -0.4 is 11.1 Å². The molecule has 1 unspecified atom stereocenters. The van der Waals surface area contributed by atoms with Crippen LogP contribution in [0, 0.1) is 0 Å². The summed E-state index contributed by atoms with van der Waals surface area (Å²) in [7, 11) is 0. The number of carbonyl (C=O) groups excluding carboxylic acids is 2. The molecule has 0 spiro atoms. The number of rotatable bonds is 5. The summed E-state index contributed by atoms with van der Waals surface area (Å²) in [6, 6.07) is 8.25. The molecule has 0 heterocycles. The zero-order valence-electron chi connectivity index (χ0n) is 10.7. The lowest BCUT2D eigenvalue weighted by Crippen LogP contribution is -2.29. The van der Waals surface area contributed by atoms with Gasteiger partial charge in [-0.25, -0.2) is 4.79 Å². The zero-order chi connectivity index (χ0) is 13.7. The number of fused-ring (bicyclic) bond motifs is 1. The Kier molecular flexibility index (Phi) is 4.39. The van der Waals surface area contributed by atoms with Crippen molar-refractivity contribution in [2.75, 3.05) is 13.2 Å². The van der Waals surface area contributed by atoms with Gasteiger partial charge in [-0.1, -0.05) is 24.3 Å². The van der Waals surface area contributed by atoms with Gasteiger partial charge in [0.05, 0.1) is 6.54 Å². The first-order valence-electron chi connectivity index (χ1n) is 6.43. The van der Waals surface area contributed by atoms with Crippen molar-refractivity contribution >= 4 is 12.0 Å². The van der Waals surface area contributed by atoms with Crippen LogP contribution in [0.2, 0.25) is 0 Å². The summed E-state index contributed by atoms with van der Waals surface area (Å²) < 4.78 is 4.54. The van der Waals surface area contributed by atoms with E-state index >= 15 is 0 Å². The first-order chi connectivity index (χ1) is 9.16. The molecule has 5 heteroatoms. The van der Waals surface area contributed by atoms with Crippen LogP contribution in [-0.2, 0) is 16.0 Å². The van der Waals surface area contributed by atoms with Gasteiger partial charge >= 0.3 is 6.09 Å². The van der Waals surface area contributed by atoms with Gasteiger partial charge in [0.2, 0.25) is 5.91 Å². The second-order valence-corrected chi connectivity index (χ2v) is 4.66. The van der Waals surface area contributed by atoms with Gasteiger partial charge in [0, 0.05) is 6.42 Å². The van der Waals surface area contributed by atoms with E-state index in [1.807, 2.05) is 12.1 Å². The second kappa shape index (κ2) is 6.22. The Labute approximate surface area is 112 Å². The monoisotopic (exact) mass is 262 g/mol. The quantitative estimate of drug-likeness (QED) is 0.785. The van der Waals surface area contributed by atoms with Crippen molar-refractivity contribution in [3.63, 3.8) is 0 Å². The molecule has 1 aliphatic rings. The third kappa shape index (κ3) is 3.71. The van der Waals surface area contributed by atoms with Crippen molar-refractivity contribution in [2.24, 2.45) is 5.73 Å². The van der Waals surface area contributed by atoms with E-state index < -0.39 is 6.09 Å². The van der Waals surface area contributed by atoms with Gasteiger partial charge in [-0.05, 0) is 29.9 Å². The minimum atomic E-state index is -0.820. The topological polar surface area (TPSA) is 81.4 Å². The van der Waals surface area contributed by atoms with Crippen molar-refractivity contribution < 1.29 is 14.3 Å². The summed E-state index contributed by atoms with van der Waals surface area (Å²) in [5.41, 5.74) is 7.45. The molecule has 5 nitrogen and oxygen atoms in total. The van der Waals surface area contributed by atoms with E-state index in [1.165, 1.54) is 11.1 Å². The standard InChI is InChI=1S/C14H18N2O3/c15-14(18)19-8-7-16-13(17)9-11-6-5-10-3-1-2-4-12(10)11/h1-4,11H,5-9H2,(H2,15,18)(H,16,17). The average molecular weight is 262 g/mol. The predicted molar refractivity (Wildman–Crippen MR) is 70.7 cm³/mol. The molecule has 1 aliphatic carbocycles. The first kappa shape index (κ1) is 13.4. The van der Waals surface area contributed by atoms with E-state index in [-0.39, 0.29) is 12.5 Å². The lowest BCUT2D eigenvalue weighted by atomic mass is 9.97. The van der Waals surface area contributed by atoms with Gasteiger partial charge in [-0.2, -0.15) is 0 Å². The molecular weight excluding hydrogens is 244 g/mol. The van der Waals surface area contributed by atoms with Gasteiger partial charge in [-0.3, -0.25) is 4.79 Å². The predicted octanol–water partition coefficient (Wildman–Crippen LogP) is 1.32. The molecule has 0 saturated heterocycles. The molecular formula is C14H18N2O3. The summed E-state index contributed by atoms with van der Waals surface area (Å²) in [6.45, 7) is 0.415. The molecule has 0 bridgehead atoms. The van der Waals surface area contributed by atoms with Crippen LogP contribution >= 0.6 is 0 Å². The second-order valence-electron chi connectivity index (χ2n) is 4.66. The molecule has 1 atom stereocenters. The lowest BCUT2D eigenvalue weighted by molar-refractivity contribution is -0.121. The van der Waals surface area contributed by atoms with Gasteiger partial charge < -0.3 is 15.8 Å². The highest BCUT2D eigenvalue weighted by atomic mass is 16.5. The largest absolute Gasteiger partial charge is 0.448 e. The van der Waals surface area contributed by atoms with E-state index in [0.29, 0.717) is 18.9 Å². The third-order valence-electron chi connectivity index (χ3n) is 3.36. The molecule has 1 aromatic carbocycles. The molecule has 2 rings (SSSR count). The van der Waals surface area contributed by atoms with Crippen LogP contribution in [0.5, 0.6) is 0 Å². The van der Waals surface area contributed by atoms with Crippen LogP contribution in [-0.4, -0.2) is 25.2 Å². The fourth-order valence-corrected chi connectivity index (χ4v) is 2.50. The number of amides is 2. The Morgan fingerprint density at radius 3 is 2.95 bits per heavy atom. The lowest BCUT2D eigenvalue weighted by Gasteiger charge is -2.11. The van der Waals surface area contributed by atoms with Crippen LogP contribution in [0.4, 0.5) is 4.79 Å². The average Bonchev–Trinajstić information content (AvgIpc) is 2.78. The Hall–Kier alpha value is -2.04. The van der Waals surface area contributed by atoms with Crippen LogP contribution in [0.3, 0.4) is 0 Å². The number of nitrogens with two attached hydrogens (primary N) is 1. The number of primary amides is 1. The van der Waals surface area contributed by atoms with Gasteiger partial charge in [0.1, 0.15) is 6.61 Å². The summed E-state index contributed by atoms with van der Waals surface area (Å²) in [6.07, 6.45) is 1.72. The van der Waals surface area contributed by atoms with Crippen molar-refractivity contribution in [1.82, 2.24) is 5.32 Å². The molecule has 0 aromatic heterocycles. The highest BCUT2D eigenvalue weighted by Crippen LogP contribution is 2.34.